The summed E-state index contributed by atoms with van der Waals surface area (Å²) in [7, 11) is 4.16. The molecule has 4 rings (SSSR count). The molecule has 2 aliphatic heterocycles. The Kier molecular flexibility index (Phi) is 6.80. The van der Waals surface area contributed by atoms with Crippen LogP contribution in [0.1, 0.15) is 15.9 Å². The molecule has 0 bridgehead atoms. The number of rotatable bonds is 8. The minimum Gasteiger partial charge on any atom is -0.493 e. The van der Waals surface area contributed by atoms with Gasteiger partial charge in [0.15, 0.2) is 23.0 Å². The predicted octanol–water partition coefficient (Wildman–Crippen LogP) is 1.92. The van der Waals surface area contributed by atoms with Crippen LogP contribution in [0.2, 0.25) is 0 Å². The van der Waals surface area contributed by atoms with Gasteiger partial charge >= 0.3 is 11.9 Å². The molecule has 11 nitrogen and oxygen atoms in total. The van der Waals surface area contributed by atoms with Gasteiger partial charge in [0.1, 0.15) is 12.6 Å². The summed E-state index contributed by atoms with van der Waals surface area (Å²) >= 11 is 4.03. The quantitative estimate of drug-likeness (QED) is 0.413. The van der Waals surface area contributed by atoms with Gasteiger partial charge in [0.2, 0.25) is 25.1 Å². The molecular formula is C22H23NO10S. The molecule has 2 aromatic carbocycles. The van der Waals surface area contributed by atoms with Gasteiger partial charge in [0, 0.05) is 22.4 Å². The summed E-state index contributed by atoms with van der Waals surface area (Å²) in [6.07, 6.45) is 0. The molecule has 0 fully saturated rings. The summed E-state index contributed by atoms with van der Waals surface area (Å²) in [6, 6.07) is 2.19. The molecule has 2 N–H and O–H groups in total. The smallest absolute Gasteiger partial charge is 0.338 e. The Labute approximate surface area is 200 Å². The highest BCUT2D eigenvalue weighted by atomic mass is 32.1. The zero-order chi connectivity index (χ0) is 24.4. The zero-order valence-electron chi connectivity index (χ0n) is 18.7. The minimum atomic E-state index is -0.907. The van der Waals surface area contributed by atoms with E-state index in [1.165, 1.54) is 27.4 Å². The molecule has 34 heavy (non-hydrogen) atoms. The number of benzene rings is 2. The summed E-state index contributed by atoms with van der Waals surface area (Å²) in [4.78, 5) is 25.1. The molecule has 2 aromatic rings. The molecule has 0 aromatic heterocycles. The second kappa shape index (κ2) is 9.77. The maximum Gasteiger partial charge on any atom is 0.338 e. The van der Waals surface area contributed by atoms with Crippen LogP contribution in [0.4, 0.5) is 0 Å². The number of methoxy groups -OCH3 is 3. The van der Waals surface area contributed by atoms with Crippen LogP contribution >= 0.6 is 12.6 Å². The van der Waals surface area contributed by atoms with Crippen LogP contribution in [-0.2, 0) is 20.9 Å². The average molecular weight is 493 g/mol. The van der Waals surface area contributed by atoms with Gasteiger partial charge in [-0.3, -0.25) is 4.79 Å². The fourth-order valence-corrected chi connectivity index (χ4v) is 3.82. The number of thiol groups is 1. The van der Waals surface area contributed by atoms with Crippen LogP contribution in [0.5, 0.6) is 34.5 Å². The van der Waals surface area contributed by atoms with Gasteiger partial charge in [0.25, 0.3) is 0 Å². The van der Waals surface area contributed by atoms with Crippen LogP contribution in [0.3, 0.4) is 0 Å². The molecule has 182 valence electrons. The van der Waals surface area contributed by atoms with Crippen molar-refractivity contribution in [2.24, 2.45) is 5.73 Å². The van der Waals surface area contributed by atoms with E-state index in [1.807, 2.05) is 0 Å². The third-order valence-electron chi connectivity index (χ3n) is 5.26. The van der Waals surface area contributed by atoms with E-state index in [1.54, 1.807) is 6.07 Å². The van der Waals surface area contributed by atoms with E-state index in [-0.39, 0.29) is 48.8 Å². The fourth-order valence-electron chi connectivity index (χ4n) is 3.67. The lowest BCUT2D eigenvalue weighted by molar-refractivity contribution is -0.145. The standard InChI is InChI=1S/C22H23NO10S/c1-26-13-4-10(6-29-22(25)12(23)7-34)15(19-17(13)30-8-32-19)16-11(21(24)28-3)5-14(27-2)18-20(16)33-9-31-18/h4-5,12,34H,6-9,23H2,1-3H3. The molecule has 1 unspecified atom stereocenters. The van der Waals surface area contributed by atoms with Crippen molar-refractivity contribution in [2.75, 3.05) is 40.7 Å². The maximum absolute atomic E-state index is 12.8. The van der Waals surface area contributed by atoms with Gasteiger partial charge in [-0.05, 0) is 12.1 Å². The van der Waals surface area contributed by atoms with Crippen LogP contribution in [0, 0.1) is 0 Å². The number of esters is 2. The zero-order valence-corrected chi connectivity index (χ0v) is 19.6. The van der Waals surface area contributed by atoms with Crippen LogP contribution in [0.15, 0.2) is 12.1 Å². The third-order valence-corrected chi connectivity index (χ3v) is 5.66. The molecule has 12 heteroatoms. The van der Waals surface area contributed by atoms with Gasteiger partial charge in [-0.2, -0.15) is 12.6 Å². The van der Waals surface area contributed by atoms with Gasteiger partial charge < -0.3 is 43.6 Å². The van der Waals surface area contributed by atoms with Crippen molar-refractivity contribution in [1.29, 1.82) is 0 Å². The summed E-state index contributed by atoms with van der Waals surface area (Å²) in [5.41, 5.74) is 6.97. The van der Waals surface area contributed by atoms with Gasteiger partial charge in [-0.1, -0.05) is 0 Å². The second-order valence-corrected chi connectivity index (χ2v) is 7.50. The largest absolute Gasteiger partial charge is 0.493 e. The van der Waals surface area contributed by atoms with Crippen LogP contribution < -0.4 is 34.2 Å². The number of hydrogen-bond acceptors (Lipinski definition) is 12. The number of nitrogens with two attached hydrogens (primary N) is 1. The third kappa shape index (κ3) is 3.99. The average Bonchev–Trinajstić information content (AvgIpc) is 3.55. The molecule has 0 aliphatic carbocycles. The first kappa shape index (κ1) is 23.6. The van der Waals surface area contributed by atoms with Gasteiger partial charge in [0.05, 0.1) is 26.9 Å². The summed E-state index contributed by atoms with van der Waals surface area (Å²) in [5, 5.41) is 0. The minimum absolute atomic E-state index is 0.0876. The molecule has 2 aliphatic rings. The molecule has 2 heterocycles. The van der Waals surface area contributed by atoms with Gasteiger partial charge in [-0.25, -0.2) is 4.79 Å². The lowest BCUT2D eigenvalue weighted by Crippen LogP contribution is -2.33. The van der Waals surface area contributed by atoms with Crippen molar-refractivity contribution < 1.29 is 47.5 Å². The Bertz CT molecular complexity index is 1140. The highest BCUT2D eigenvalue weighted by Gasteiger charge is 2.36. The van der Waals surface area contributed by atoms with Gasteiger partial charge in [-0.15, -0.1) is 0 Å². The summed E-state index contributed by atoms with van der Waals surface area (Å²) < 4.78 is 44.0. The Morgan fingerprint density at radius 2 is 1.50 bits per heavy atom. The molecular weight excluding hydrogens is 470 g/mol. The first-order valence-electron chi connectivity index (χ1n) is 10.1. The number of carbonyl (C=O) groups excluding carboxylic acids is 2. The first-order chi connectivity index (χ1) is 16.4. The Morgan fingerprint density at radius 3 is 2.06 bits per heavy atom. The molecule has 0 amide bonds. The van der Waals surface area contributed by atoms with E-state index in [0.717, 1.165) is 0 Å². The fraction of sp³-hybridized carbons (Fsp3) is 0.364. The number of hydrogen-bond donors (Lipinski definition) is 2. The van der Waals surface area contributed by atoms with E-state index in [4.69, 9.17) is 43.6 Å². The second-order valence-electron chi connectivity index (χ2n) is 7.13. The molecule has 0 spiro atoms. The van der Waals surface area contributed by atoms with Crippen molar-refractivity contribution in [3.8, 4) is 45.6 Å². The van der Waals surface area contributed by atoms with Crippen molar-refractivity contribution in [1.82, 2.24) is 0 Å². The van der Waals surface area contributed by atoms with E-state index in [0.29, 0.717) is 33.9 Å². The SMILES string of the molecule is COC(=O)c1cc(OC)c2c(c1-c1c(COC(=O)C(N)CS)cc(OC)c3c1OCO3)OCO2. The normalized spacial score (nSPS) is 13.9. The van der Waals surface area contributed by atoms with Crippen molar-refractivity contribution in [2.45, 2.75) is 12.6 Å². The highest BCUT2D eigenvalue weighted by molar-refractivity contribution is 7.80. The lowest BCUT2D eigenvalue weighted by Gasteiger charge is -2.20. The van der Waals surface area contributed by atoms with Crippen molar-refractivity contribution in [3.05, 3.63) is 23.3 Å². The molecule has 1 atom stereocenters. The maximum atomic E-state index is 12.8. The molecule has 0 saturated carbocycles. The predicted molar refractivity (Wildman–Crippen MR) is 120 cm³/mol. The van der Waals surface area contributed by atoms with Crippen LogP contribution in [-0.4, -0.2) is 58.6 Å². The summed E-state index contributed by atoms with van der Waals surface area (Å²) in [5.74, 6) is 0.571. The topological polar surface area (TPSA) is 134 Å². The number of fused-ring (bicyclic) bond motifs is 2. The molecule has 0 saturated heterocycles. The lowest BCUT2D eigenvalue weighted by atomic mass is 9.92. The number of ether oxygens (including phenoxy) is 8. The van der Waals surface area contributed by atoms with E-state index < -0.39 is 18.0 Å². The number of carbonyl (C=O) groups is 2. The van der Waals surface area contributed by atoms with Crippen LogP contribution in [0.25, 0.3) is 11.1 Å². The molecule has 0 radical (unpaired) electrons. The summed E-state index contributed by atoms with van der Waals surface area (Å²) in [6.45, 7) is -0.402. The van der Waals surface area contributed by atoms with E-state index in [2.05, 4.69) is 12.6 Å². The van der Waals surface area contributed by atoms with E-state index in [9.17, 15) is 9.59 Å². The Morgan fingerprint density at radius 1 is 0.941 bits per heavy atom. The first-order valence-corrected chi connectivity index (χ1v) is 10.7. The monoisotopic (exact) mass is 493 g/mol. The Hall–Kier alpha value is -3.51. The van der Waals surface area contributed by atoms with Crippen molar-refractivity contribution in [3.63, 3.8) is 0 Å². The van der Waals surface area contributed by atoms with E-state index >= 15 is 0 Å². The van der Waals surface area contributed by atoms with Crippen molar-refractivity contribution >= 4 is 24.6 Å². The Balaban J connectivity index is 1.97. The highest BCUT2D eigenvalue weighted by Crippen LogP contribution is 2.56.